The maximum Gasteiger partial charge on any atom is 0.0806 e. The molecule has 0 N–H and O–H groups in total. The van der Waals surface area contributed by atoms with Gasteiger partial charge in [0.05, 0.1) is 22.0 Å². The molecule has 0 amide bonds. The van der Waals surface area contributed by atoms with E-state index in [0.717, 1.165) is 10.5 Å². The summed E-state index contributed by atoms with van der Waals surface area (Å²) in [6.45, 7) is 0. The van der Waals surface area contributed by atoms with Crippen molar-refractivity contribution in [3.63, 3.8) is 0 Å². The molecule has 0 fully saturated rings. The van der Waals surface area contributed by atoms with E-state index in [1.165, 1.54) is 0 Å². The Labute approximate surface area is 127 Å². The van der Waals surface area contributed by atoms with Crippen LogP contribution in [0, 0.1) is 11.3 Å². The molecule has 1 atom stereocenters. The fourth-order valence-corrected chi connectivity index (χ4v) is 2.99. The van der Waals surface area contributed by atoms with E-state index in [1.54, 1.807) is 17.8 Å². The van der Waals surface area contributed by atoms with Crippen LogP contribution in [0.1, 0.15) is 11.5 Å². The second-order valence-electron chi connectivity index (χ2n) is 3.98. The average molecular weight is 308 g/mol. The van der Waals surface area contributed by atoms with Gasteiger partial charge in [-0.25, -0.2) is 0 Å². The lowest BCUT2D eigenvalue weighted by molar-refractivity contribution is 0.996. The summed E-state index contributed by atoms with van der Waals surface area (Å²) in [7, 11) is 0. The molecule has 0 saturated heterocycles. The number of thioether (sulfide) groups is 1. The molecule has 0 aromatic heterocycles. The number of nitriles is 1. The van der Waals surface area contributed by atoms with Gasteiger partial charge >= 0.3 is 0 Å². The predicted molar refractivity (Wildman–Crippen MR) is 82.0 cm³/mol. The van der Waals surface area contributed by atoms with Gasteiger partial charge in [-0.05, 0) is 23.8 Å². The molecule has 1 unspecified atom stereocenters. The second-order valence-corrected chi connectivity index (χ2v) is 5.89. The minimum atomic E-state index is -0.124. The highest BCUT2D eigenvalue weighted by Gasteiger charge is 2.11. The van der Waals surface area contributed by atoms with E-state index >= 15 is 0 Å². The normalized spacial score (nSPS) is 11.8. The lowest BCUT2D eigenvalue weighted by Gasteiger charge is -2.09. The summed E-state index contributed by atoms with van der Waals surface area (Å²) in [6.07, 6.45) is 0. The van der Waals surface area contributed by atoms with Crippen LogP contribution in [0.3, 0.4) is 0 Å². The quantitative estimate of drug-likeness (QED) is 0.707. The van der Waals surface area contributed by atoms with Gasteiger partial charge in [0.25, 0.3) is 0 Å². The van der Waals surface area contributed by atoms with Crippen LogP contribution in [0.25, 0.3) is 0 Å². The summed E-state index contributed by atoms with van der Waals surface area (Å²) < 4.78 is 0. The zero-order valence-corrected chi connectivity index (χ0v) is 12.3. The highest BCUT2D eigenvalue weighted by molar-refractivity contribution is 7.99. The van der Waals surface area contributed by atoms with Crippen molar-refractivity contribution in [2.24, 2.45) is 0 Å². The van der Waals surface area contributed by atoms with Crippen LogP contribution < -0.4 is 0 Å². The standard InChI is InChI=1S/C15H11Cl2NS/c16-14-7-6-13(8-15(14)17)19-10-12(9-18)11-4-2-1-3-5-11/h1-8,12H,10H2. The summed E-state index contributed by atoms with van der Waals surface area (Å²) in [5, 5.41) is 10.3. The topological polar surface area (TPSA) is 23.8 Å². The molecule has 2 aromatic carbocycles. The molecule has 0 spiro atoms. The van der Waals surface area contributed by atoms with Crippen LogP contribution in [0.2, 0.25) is 10.0 Å². The third-order valence-electron chi connectivity index (χ3n) is 2.67. The summed E-state index contributed by atoms with van der Waals surface area (Å²) in [4.78, 5) is 1.02. The summed E-state index contributed by atoms with van der Waals surface area (Å²) in [5.74, 6) is 0.569. The molecule has 4 heteroatoms. The van der Waals surface area contributed by atoms with Crippen molar-refractivity contribution in [2.75, 3.05) is 5.75 Å². The smallest absolute Gasteiger partial charge is 0.0806 e. The van der Waals surface area contributed by atoms with Crippen LogP contribution in [0.15, 0.2) is 53.4 Å². The van der Waals surface area contributed by atoms with Gasteiger partial charge < -0.3 is 0 Å². The Morgan fingerprint density at radius 3 is 2.42 bits per heavy atom. The van der Waals surface area contributed by atoms with Gasteiger partial charge in [0.15, 0.2) is 0 Å². The summed E-state index contributed by atoms with van der Waals surface area (Å²) in [5.41, 5.74) is 1.04. The van der Waals surface area contributed by atoms with Gasteiger partial charge in [-0.2, -0.15) is 5.26 Å². The first-order valence-electron chi connectivity index (χ1n) is 5.73. The molecule has 0 heterocycles. The van der Waals surface area contributed by atoms with E-state index in [0.29, 0.717) is 15.8 Å². The highest BCUT2D eigenvalue weighted by atomic mass is 35.5. The van der Waals surface area contributed by atoms with Crippen molar-refractivity contribution in [1.29, 1.82) is 5.26 Å². The third kappa shape index (κ3) is 3.91. The Morgan fingerprint density at radius 1 is 1.05 bits per heavy atom. The molecular weight excluding hydrogens is 297 g/mol. The van der Waals surface area contributed by atoms with Gasteiger partial charge in [0.2, 0.25) is 0 Å². The SMILES string of the molecule is N#CC(CSc1ccc(Cl)c(Cl)c1)c1ccccc1. The zero-order chi connectivity index (χ0) is 13.7. The van der Waals surface area contributed by atoms with Crippen molar-refractivity contribution in [2.45, 2.75) is 10.8 Å². The summed E-state index contributed by atoms with van der Waals surface area (Å²) >= 11 is 13.4. The van der Waals surface area contributed by atoms with Crippen molar-refractivity contribution >= 4 is 35.0 Å². The Hall–Kier alpha value is -1.14. The van der Waals surface area contributed by atoms with Crippen molar-refractivity contribution in [3.8, 4) is 6.07 Å². The first-order chi connectivity index (χ1) is 9.20. The minimum absolute atomic E-state index is 0.124. The molecule has 0 bridgehead atoms. The number of nitrogens with zero attached hydrogens (tertiary/aromatic N) is 1. The predicted octanol–water partition coefficient (Wildman–Crippen LogP) is 5.39. The van der Waals surface area contributed by atoms with Gasteiger partial charge in [-0.15, -0.1) is 11.8 Å². The fourth-order valence-electron chi connectivity index (χ4n) is 1.64. The minimum Gasteiger partial charge on any atom is -0.198 e. The van der Waals surface area contributed by atoms with Gasteiger partial charge in [-0.3, -0.25) is 0 Å². The molecule has 0 saturated carbocycles. The van der Waals surface area contributed by atoms with Gasteiger partial charge in [0, 0.05) is 10.6 Å². The van der Waals surface area contributed by atoms with E-state index in [-0.39, 0.29) is 5.92 Å². The monoisotopic (exact) mass is 307 g/mol. The molecule has 2 aromatic rings. The molecular formula is C15H11Cl2NS. The van der Waals surface area contributed by atoms with Gasteiger partial charge in [0.1, 0.15) is 0 Å². The second kappa shape index (κ2) is 6.86. The zero-order valence-electron chi connectivity index (χ0n) is 10.0. The van der Waals surface area contributed by atoms with Crippen molar-refractivity contribution in [1.82, 2.24) is 0 Å². The van der Waals surface area contributed by atoms with Crippen LogP contribution >= 0.6 is 35.0 Å². The number of halogens is 2. The first kappa shape index (κ1) is 14.3. The van der Waals surface area contributed by atoms with Crippen LogP contribution in [-0.4, -0.2) is 5.75 Å². The number of hydrogen-bond donors (Lipinski definition) is 0. The first-order valence-corrected chi connectivity index (χ1v) is 7.47. The molecule has 96 valence electrons. The third-order valence-corrected chi connectivity index (χ3v) is 4.49. The molecule has 0 aliphatic rings. The van der Waals surface area contributed by atoms with Crippen LogP contribution in [0.5, 0.6) is 0 Å². The molecule has 0 aliphatic heterocycles. The number of rotatable bonds is 4. The maximum atomic E-state index is 9.25. The average Bonchev–Trinajstić information content (AvgIpc) is 2.44. The lowest BCUT2D eigenvalue weighted by atomic mass is 10.0. The van der Waals surface area contributed by atoms with Crippen LogP contribution in [-0.2, 0) is 0 Å². The highest BCUT2D eigenvalue weighted by Crippen LogP contribution is 2.30. The van der Waals surface area contributed by atoms with Crippen molar-refractivity contribution in [3.05, 3.63) is 64.1 Å². The van der Waals surface area contributed by atoms with E-state index in [9.17, 15) is 5.26 Å². The van der Waals surface area contributed by atoms with Gasteiger partial charge in [-0.1, -0.05) is 53.5 Å². The van der Waals surface area contributed by atoms with E-state index < -0.39 is 0 Å². The molecule has 19 heavy (non-hydrogen) atoms. The molecule has 2 rings (SSSR count). The Balaban J connectivity index is 2.05. The van der Waals surface area contributed by atoms with E-state index in [2.05, 4.69) is 6.07 Å². The van der Waals surface area contributed by atoms with Crippen LogP contribution in [0.4, 0.5) is 0 Å². The number of hydrogen-bond acceptors (Lipinski definition) is 2. The number of benzene rings is 2. The molecule has 0 aliphatic carbocycles. The molecule has 0 radical (unpaired) electrons. The molecule has 1 nitrogen and oxygen atoms in total. The fraction of sp³-hybridized carbons (Fsp3) is 0.133. The Morgan fingerprint density at radius 2 is 1.79 bits per heavy atom. The van der Waals surface area contributed by atoms with E-state index in [1.807, 2.05) is 42.5 Å². The largest absolute Gasteiger partial charge is 0.198 e. The Kier molecular flexibility index (Phi) is 5.15. The van der Waals surface area contributed by atoms with Crippen molar-refractivity contribution < 1.29 is 0 Å². The maximum absolute atomic E-state index is 9.25. The summed E-state index contributed by atoms with van der Waals surface area (Å²) in [6, 6.07) is 17.6. The van der Waals surface area contributed by atoms with E-state index in [4.69, 9.17) is 23.2 Å². The Bertz CT molecular complexity index is 593. The lowest BCUT2D eigenvalue weighted by Crippen LogP contribution is -1.98.